The summed E-state index contributed by atoms with van der Waals surface area (Å²) in [5.41, 5.74) is 1.34. The fourth-order valence-electron chi connectivity index (χ4n) is 2.00. The minimum atomic E-state index is -0.532. The second-order valence-corrected chi connectivity index (χ2v) is 4.86. The lowest BCUT2D eigenvalue weighted by atomic mass is 10.2. The van der Waals surface area contributed by atoms with Gasteiger partial charge >= 0.3 is 0 Å². The minimum Gasteiger partial charge on any atom is -0.508 e. The molecule has 0 aliphatic heterocycles. The third-order valence-corrected chi connectivity index (χ3v) is 3.22. The fraction of sp³-hybridized carbons (Fsp3) is 0.111. The molecular weight excluding hydrogens is 306 g/mol. The molecule has 2 rings (SSSR count). The van der Waals surface area contributed by atoms with Crippen LogP contribution in [-0.4, -0.2) is 18.1 Å². The minimum absolute atomic E-state index is 0.0574. The lowest BCUT2D eigenvalue weighted by molar-refractivity contribution is -0.112. The number of aromatic hydroxyl groups is 1. The summed E-state index contributed by atoms with van der Waals surface area (Å²) in [4.78, 5) is 12.1. The van der Waals surface area contributed by atoms with E-state index in [1.807, 2.05) is 30.3 Å². The fourth-order valence-corrected chi connectivity index (χ4v) is 2.00. The van der Waals surface area contributed by atoms with Gasteiger partial charge in [-0.1, -0.05) is 18.2 Å². The van der Waals surface area contributed by atoms with Gasteiger partial charge in [0.05, 0.1) is 7.11 Å². The van der Waals surface area contributed by atoms with Gasteiger partial charge in [-0.3, -0.25) is 4.79 Å². The number of amides is 1. The standard InChI is InChI=1S/C18H17N3O3/c1-24-17-5-3-2-4-13(17)11-20-12-14(10-19)18(23)21-15-6-8-16(22)9-7-15/h2-9,12,20,22H,11H2,1H3,(H,21,23)/b14-12-. The van der Waals surface area contributed by atoms with Gasteiger partial charge in [-0.25, -0.2) is 0 Å². The first-order chi connectivity index (χ1) is 11.6. The molecule has 24 heavy (non-hydrogen) atoms. The Morgan fingerprint density at radius 2 is 1.96 bits per heavy atom. The second-order valence-electron chi connectivity index (χ2n) is 4.86. The average molecular weight is 323 g/mol. The number of nitrogens with one attached hydrogen (secondary N) is 2. The Labute approximate surface area is 140 Å². The molecule has 0 spiro atoms. The highest BCUT2D eigenvalue weighted by atomic mass is 16.5. The molecule has 2 aromatic carbocycles. The van der Waals surface area contributed by atoms with Crippen molar-refractivity contribution < 1.29 is 14.6 Å². The Morgan fingerprint density at radius 1 is 1.25 bits per heavy atom. The van der Waals surface area contributed by atoms with Crippen LogP contribution in [0, 0.1) is 11.3 Å². The van der Waals surface area contributed by atoms with Crippen LogP contribution in [-0.2, 0) is 11.3 Å². The maximum atomic E-state index is 12.1. The van der Waals surface area contributed by atoms with Gasteiger partial charge in [0.15, 0.2) is 0 Å². The molecule has 0 aromatic heterocycles. The summed E-state index contributed by atoms with van der Waals surface area (Å²) < 4.78 is 5.24. The van der Waals surface area contributed by atoms with E-state index in [1.54, 1.807) is 19.2 Å². The number of hydrogen-bond acceptors (Lipinski definition) is 5. The third-order valence-electron chi connectivity index (χ3n) is 3.22. The number of nitriles is 1. The van der Waals surface area contributed by atoms with E-state index in [0.717, 1.165) is 11.3 Å². The molecular formula is C18H17N3O3. The van der Waals surface area contributed by atoms with Crippen LogP contribution in [0.4, 0.5) is 5.69 Å². The van der Waals surface area contributed by atoms with Crippen LogP contribution in [0.25, 0.3) is 0 Å². The van der Waals surface area contributed by atoms with Crippen LogP contribution in [0.1, 0.15) is 5.56 Å². The SMILES string of the molecule is COc1ccccc1CN/C=C(/C#N)C(=O)Nc1ccc(O)cc1. The number of hydrogen-bond donors (Lipinski definition) is 3. The molecule has 0 heterocycles. The summed E-state index contributed by atoms with van der Waals surface area (Å²) in [6, 6.07) is 15.3. The van der Waals surface area contributed by atoms with Gasteiger partial charge in [-0.05, 0) is 30.3 Å². The van der Waals surface area contributed by atoms with Crippen molar-refractivity contribution in [2.24, 2.45) is 0 Å². The zero-order valence-corrected chi connectivity index (χ0v) is 13.1. The maximum absolute atomic E-state index is 12.1. The first-order valence-corrected chi connectivity index (χ1v) is 7.20. The molecule has 3 N–H and O–H groups in total. The number of carbonyl (C=O) groups is 1. The quantitative estimate of drug-likeness (QED) is 0.431. The summed E-state index contributed by atoms with van der Waals surface area (Å²) in [6.07, 6.45) is 1.36. The summed E-state index contributed by atoms with van der Waals surface area (Å²) in [7, 11) is 1.58. The smallest absolute Gasteiger partial charge is 0.267 e. The number of anilines is 1. The van der Waals surface area contributed by atoms with Crippen molar-refractivity contribution in [3.63, 3.8) is 0 Å². The van der Waals surface area contributed by atoms with Crippen LogP contribution < -0.4 is 15.4 Å². The second kappa shape index (κ2) is 8.25. The zero-order valence-electron chi connectivity index (χ0n) is 13.1. The Bertz CT molecular complexity index is 777. The molecule has 0 saturated heterocycles. The van der Waals surface area contributed by atoms with Crippen molar-refractivity contribution >= 4 is 11.6 Å². The van der Waals surface area contributed by atoms with Gasteiger partial charge in [-0.2, -0.15) is 5.26 Å². The van der Waals surface area contributed by atoms with Crippen LogP contribution in [0.5, 0.6) is 11.5 Å². The van der Waals surface area contributed by atoms with Crippen LogP contribution in [0.15, 0.2) is 60.3 Å². The molecule has 2 aromatic rings. The molecule has 0 fully saturated rings. The van der Waals surface area contributed by atoms with E-state index in [-0.39, 0.29) is 11.3 Å². The monoisotopic (exact) mass is 323 g/mol. The van der Waals surface area contributed by atoms with E-state index in [9.17, 15) is 9.90 Å². The van der Waals surface area contributed by atoms with Crippen molar-refractivity contribution in [1.82, 2.24) is 5.32 Å². The first kappa shape index (κ1) is 16.9. The number of rotatable bonds is 6. The van der Waals surface area contributed by atoms with Crippen LogP contribution >= 0.6 is 0 Å². The Hall–Kier alpha value is -3.46. The number of phenolic OH excluding ortho intramolecular Hbond substituents is 1. The van der Waals surface area contributed by atoms with E-state index >= 15 is 0 Å². The molecule has 0 radical (unpaired) electrons. The number of methoxy groups -OCH3 is 1. The van der Waals surface area contributed by atoms with Crippen LogP contribution in [0.3, 0.4) is 0 Å². The maximum Gasteiger partial charge on any atom is 0.267 e. The Kier molecular flexibility index (Phi) is 5.81. The molecule has 122 valence electrons. The molecule has 0 aliphatic carbocycles. The van der Waals surface area contributed by atoms with Crippen molar-refractivity contribution in [3.05, 3.63) is 65.9 Å². The Balaban J connectivity index is 1.99. The lowest BCUT2D eigenvalue weighted by Crippen LogP contribution is -2.16. The first-order valence-electron chi connectivity index (χ1n) is 7.20. The van der Waals surface area contributed by atoms with E-state index in [4.69, 9.17) is 10.00 Å². The molecule has 0 aliphatic rings. The van der Waals surface area contributed by atoms with E-state index in [0.29, 0.717) is 12.2 Å². The van der Waals surface area contributed by atoms with E-state index in [2.05, 4.69) is 10.6 Å². The van der Waals surface area contributed by atoms with Gasteiger partial charge in [0.25, 0.3) is 5.91 Å². The summed E-state index contributed by atoms with van der Waals surface area (Å²) >= 11 is 0. The van der Waals surface area contributed by atoms with E-state index < -0.39 is 5.91 Å². The van der Waals surface area contributed by atoms with Crippen molar-refractivity contribution in [1.29, 1.82) is 5.26 Å². The Morgan fingerprint density at radius 3 is 2.62 bits per heavy atom. The van der Waals surface area contributed by atoms with Crippen LogP contribution in [0.2, 0.25) is 0 Å². The van der Waals surface area contributed by atoms with Gasteiger partial charge in [-0.15, -0.1) is 0 Å². The number of para-hydroxylation sites is 1. The topological polar surface area (TPSA) is 94.4 Å². The predicted molar refractivity (Wildman–Crippen MR) is 90.3 cm³/mol. The highest BCUT2D eigenvalue weighted by Crippen LogP contribution is 2.17. The highest BCUT2D eigenvalue weighted by Gasteiger charge is 2.09. The van der Waals surface area contributed by atoms with E-state index in [1.165, 1.54) is 18.3 Å². The van der Waals surface area contributed by atoms with Crippen molar-refractivity contribution in [2.75, 3.05) is 12.4 Å². The molecule has 0 saturated carbocycles. The number of benzene rings is 2. The lowest BCUT2D eigenvalue weighted by Gasteiger charge is -2.08. The number of ether oxygens (including phenoxy) is 1. The summed E-state index contributed by atoms with van der Waals surface area (Å²) in [5, 5.41) is 23.9. The number of phenols is 1. The highest BCUT2D eigenvalue weighted by molar-refractivity contribution is 6.06. The van der Waals surface area contributed by atoms with Gasteiger partial charge in [0, 0.05) is 24.0 Å². The number of nitrogens with zero attached hydrogens (tertiary/aromatic N) is 1. The van der Waals surface area contributed by atoms with Gasteiger partial charge < -0.3 is 20.5 Å². The third kappa shape index (κ3) is 4.52. The predicted octanol–water partition coefficient (Wildman–Crippen LogP) is 2.54. The normalized spacial score (nSPS) is 10.6. The largest absolute Gasteiger partial charge is 0.508 e. The molecule has 6 heteroatoms. The zero-order chi connectivity index (χ0) is 17.4. The van der Waals surface area contributed by atoms with Crippen molar-refractivity contribution in [3.8, 4) is 17.6 Å². The molecule has 0 unspecified atom stereocenters. The summed E-state index contributed by atoms with van der Waals surface area (Å²) in [6.45, 7) is 0.418. The van der Waals surface area contributed by atoms with Crippen molar-refractivity contribution in [2.45, 2.75) is 6.54 Å². The average Bonchev–Trinajstić information content (AvgIpc) is 2.61. The molecule has 1 amide bonds. The van der Waals surface area contributed by atoms with Gasteiger partial charge in [0.2, 0.25) is 0 Å². The molecule has 0 bridgehead atoms. The molecule has 0 atom stereocenters. The molecule has 6 nitrogen and oxygen atoms in total. The summed E-state index contributed by atoms with van der Waals surface area (Å²) in [5.74, 6) is 0.295. The van der Waals surface area contributed by atoms with Gasteiger partial charge in [0.1, 0.15) is 23.1 Å². The number of carbonyl (C=O) groups excluding carboxylic acids is 1.